The maximum atomic E-state index is 5.11. The van der Waals surface area contributed by atoms with Crippen LogP contribution in [0.2, 0.25) is 0 Å². The second-order valence-corrected chi connectivity index (χ2v) is 6.79. The molecule has 0 amide bonds. The molecular weight excluding hydrogens is 308 g/mol. The topological polar surface area (TPSA) is 54.7 Å². The van der Waals surface area contributed by atoms with Gasteiger partial charge in [0.1, 0.15) is 0 Å². The van der Waals surface area contributed by atoms with Crippen LogP contribution in [0, 0.1) is 13.8 Å². The first-order valence-corrected chi connectivity index (χ1v) is 9.00. The van der Waals surface area contributed by atoms with Crippen molar-refractivity contribution in [1.82, 2.24) is 9.66 Å². The molecule has 2 heterocycles. The molecule has 0 radical (unpaired) electrons. The van der Waals surface area contributed by atoms with Crippen LogP contribution in [0.3, 0.4) is 0 Å². The van der Waals surface area contributed by atoms with Crippen molar-refractivity contribution in [1.29, 1.82) is 0 Å². The molecule has 2 aromatic rings. The molecule has 0 aromatic carbocycles. The molecule has 0 aliphatic heterocycles. The van der Waals surface area contributed by atoms with Crippen molar-refractivity contribution in [2.45, 2.75) is 39.5 Å². The molecule has 0 saturated heterocycles. The van der Waals surface area contributed by atoms with Crippen molar-refractivity contribution in [2.75, 3.05) is 20.3 Å². The molecule has 1 fully saturated rings. The third kappa shape index (κ3) is 3.64. The maximum absolute atomic E-state index is 5.11. The van der Waals surface area contributed by atoms with E-state index in [0.29, 0.717) is 13.2 Å². The van der Waals surface area contributed by atoms with Crippen LogP contribution in [0.25, 0.3) is 11.3 Å². The summed E-state index contributed by atoms with van der Waals surface area (Å²) in [5.74, 6) is 0. The van der Waals surface area contributed by atoms with Gasteiger partial charge in [0.25, 0.3) is 0 Å². The van der Waals surface area contributed by atoms with Crippen LogP contribution >= 0.6 is 11.3 Å². The predicted octanol–water partition coefficient (Wildman–Crippen LogP) is 3.49. The normalized spacial score (nSPS) is 15.6. The first-order valence-electron chi connectivity index (χ1n) is 8.12. The second-order valence-electron chi connectivity index (χ2n) is 5.95. The molecule has 1 N–H and O–H groups in total. The summed E-state index contributed by atoms with van der Waals surface area (Å²) in [5.41, 5.74) is 5.94. The number of nitrogens with zero attached hydrogens (tertiary/aromatic N) is 3. The highest BCUT2D eigenvalue weighted by Gasteiger charge is 2.14. The fourth-order valence-corrected chi connectivity index (χ4v) is 3.79. The van der Waals surface area contributed by atoms with E-state index in [0.717, 1.165) is 23.3 Å². The Morgan fingerprint density at radius 1 is 1.30 bits per heavy atom. The van der Waals surface area contributed by atoms with E-state index >= 15 is 0 Å². The average molecular weight is 332 g/mol. The van der Waals surface area contributed by atoms with E-state index < -0.39 is 0 Å². The lowest BCUT2D eigenvalue weighted by atomic mass is 10.2. The Morgan fingerprint density at radius 3 is 2.74 bits per heavy atom. The van der Waals surface area contributed by atoms with Gasteiger partial charge in [0.05, 0.1) is 18.8 Å². The summed E-state index contributed by atoms with van der Waals surface area (Å²) in [7, 11) is 1.70. The van der Waals surface area contributed by atoms with Gasteiger partial charge < -0.3 is 9.72 Å². The quantitative estimate of drug-likeness (QED) is 0.837. The van der Waals surface area contributed by atoms with Crippen LogP contribution < -0.4 is 4.80 Å². The van der Waals surface area contributed by atoms with Gasteiger partial charge in [0, 0.05) is 35.2 Å². The Balaban J connectivity index is 2.07. The number of methoxy groups -OCH3 is 1. The maximum Gasteiger partial charge on any atom is 0.206 e. The molecule has 0 bridgehead atoms. The molecular formula is C17H24N4OS. The summed E-state index contributed by atoms with van der Waals surface area (Å²) < 4.78 is 7.14. The van der Waals surface area contributed by atoms with Crippen LogP contribution in [-0.2, 0) is 4.74 Å². The minimum Gasteiger partial charge on any atom is -0.383 e. The van der Waals surface area contributed by atoms with Gasteiger partial charge in [-0.15, -0.1) is 11.3 Å². The van der Waals surface area contributed by atoms with Gasteiger partial charge in [-0.3, -0.25) is 4.99 Å². The number of aromatic amines is 1. The summed E-state index contributed by atoms with van der Waals surface area (Å²) in [4.78, 5) is 8.98. The number of thiazole rings is 1. The Hall–Kier alpha value is -1.66. The van der Waals surface area contributed by atoms with Crippen molar-refractivity contribution in [3.8, 4) is 11.3 Å². The molecule has 23 heavy (non-hydrogen) atoms. The van der Waals surface area contributed by atoms with Crippen LogP contribution in [0.4, 0.5) is 0 Å². The number of aryl methyl sites for hydroxylation is 2. The van der Waals surface area contributed by atoms with Gasteiger partial charge in [-0.05, 0) is 45.6 Å². The third-order valence-electron chi connectivity index (χ3n) is 4.08. The van der Waals surface area contributed by atoms with E-state index in [9.17, 15) is 0 Å². The number of H-pyrrole nitrogens is 1. The number of aromatic nitrogens is 2. The van der Waals surface area contributed by atoms with Crippen molar-refractivity contribution >= 4 is 17.0 Å². The Kier molecular flexibility index (Phi) is 5.13. The number of nitrogens with one attached hydrogen (secondary N) is 1. The van der Waals surface area contributed by atoms with Crippen LogP contribution in [0.15, 0.2) is 21.5 Å². The first kappa shape index (κ1) is 16.2. The Bertz CT molecular complexity index is 758. The Morgan fingerprint density at radius 2 is 2.09 bits per heavy atom. The molecule has 5 nitrogen and oxygen atoms in total. The molecule has 0 unspecified atom stereocenters. The highest BCUT2D eigenvalue weighted by atomic mass is 32.1. The predicted molar refractivity (Wildman–Crippen MR) is 95.2 cm³/mol. The summed E-state index contributed by atoms with van der Waals surface area (Å²) in [6.45, 7) is 5.48. The average Bonchev–Trinajstić information content (AvgIpc) is 3.22. The zero-order valence-corrected chi connectivity index (χ0v) is 14.9. The highest BCUT2D eigenvalue weighted by molar-refractivity contribution is 7.07. The minimum absolute atomic E-state index is 0.631. The van der Waals surface area contributed by atoms with Gasteiger partial charge in [-0.25, -0.2) is 4.68 Å². The lowest BCUT2D eigenvalue weighted by molar-refractivity contribution is 0.207. The monoisotopic (exact) mass is 332 g/mol. The zero-order chi connectivity index (χ0) is 16.2. The van der Waals surface area contributed by atoms with Crippen LogP contribution in [-0.4, -0.2) is 35.6 Å². The van der Waals surface area contributed by atoms with E-state index in [2.05, 4.69) is 35.3 Å². The molecule has 1 saturated carbocycles. The molecule has 2 aromatic heterocycles. The number of hydrogen-bond donors (Lipinski definition) is 1. The number of hydrogen-bond acceptors (Lipinski definition) is 4. The fraction of sp³-hybridized carbons (Fsp3) is 0.529. The van der Waals surface area contributed by atoms with Gasteiger partial charge in [0.15, 0.2) is 0 Å². The lowest BCUT2D eigenvalue weighted by Crippen LogP contribution is -2.15. The van der Waals surface area contributed by atoms with Gasteiger partial charge in [0.2, 0.25) is 4.80 Å². The standard InChI is InChI=1S/C17H24N4OS/c1-12-10-15(13(2)19-12)16-11-23-17(18-8-9-22-3)21(16)20-14-6-4-5-7-14/h10-11,19H,4-9H2,1-3H3. The molecule has 3 rings (SSSR count). The molecule has 1 aliphatic rings. The van der Waals surface area contributed by atoms with Crippen molar-refractivity contribution in [2.24, 2.45) is 10.1 Å². The SMILES string of the molecule is COCCN=c1scc(-c2cc(C)[nH]c2C)n1N=C1CCCC1. The smallest absolute Gasteiger partial charge is 0.206 e. The van der Waals surface area contributed by atoms with Gasteiger partial charge >= 0.3 is 0 Å². The zero-order valence-electron chi connectivity index (χ0n) is 14.1. The molecule has 124 valence electrons. The van der Waals surface area contributed by atoms with E-state index in [4.69, 9.17) is 9.84 Å². The first-order chi connectivity index (χ1) is 11.2. The summed E-state index contributed by atoms with van der Waals surface area (Å²) in [6.07, 6.45) is 4.70. The van der Waals surface area contributed by atoms with Gasteiger partial charge in [-0.1, -0.05) is 0 Å². The Labute approximate surface area is 140 Å². The summed E-state index contributed by atoms with van der Waals surface area (Å²) >= 11 is 1.64. The molecule has 0 spiro atoms. The number of ether oxygens (including phenoxy) is 1. The molecule has 6 heteroatoms. The second kappa shape index (κ2) is 7.27. The van der Waals surface area contributed by atoms with E-state index in [1.54, 1.807) is 18.4 Å². The molecule has 0 atom stereocenters. The van der Waals surface area contributed by atoms with Crippen molar-refractivity contribution in [3.63, 3.8) is 0 Å². The lowest BCUT2D eigenvalue weighted by Gasteiger charge is -2.05. The largest absolute Gasteiger partial charge is 0.383 e. The highest BCUT2D eigenvalue weighted by Crippen LogP contribution is 2.25. The van der Waals surface area contributed by atoms with E-state index in [1.165, 1.54) is 35.5 Å². The van der Waals surface area contributed by atoms with E-state index in [1.807, 2.05) is 4.68 Å². The van der Waals surface area contributed by atoms with Crippen LogP contribution in [0.1, 0.15) is 37.1 Å². The summed E-state index contributed by atoms with van der Waals surface area (Å²) in [6, 6.07) is 2.18. The van der Waals surface area contributed by atoms with Gasteiger partial charge in [-0.2, -0.15) is 5.10 Å². The minimum atomic E-state index is 0.631. The van der Waals surface area contributed by atoms with Crippen molar-refractivity contribution < 1.29 is 4.74 Å². The summed E-state index contributed by atoms with van der Waals surface area (Å²) in [5, 5.41) is 7.07. The molecule has 1 aliphatic carbocycles. The van der Waals surface area contributed by atoms with Crippen LogP contribution in [0.5, 0.6) is 0 Å². The third-order valence-corrected chi connectivity index (χ3v) is 4.93. The fourth-order valence-electron chi connectivity index (χ4n) is 2.94. The van der Waals surface area contributed by atoms with Crippen molar-refractivity contribution in [3.05, 3.63) is 27.6 Å². The number of rotatable bonds is 5. The van der Waals surface area contributed by atoms with E-state index in [-0.39, 0.29) is 0 Å².